The van der Waals surface area contributed by atoms with Crippen LogP contribution in [-0.2, 0) is 14.8 Å². The Morgan fingerprint density at radius 1 is 1.17 bits per heavy atom. The molecular weight excluding hydrogens is 333 g/mol. The van der Waals surface area contributed by atoms with Gasteiger partial charge in [0.25, 0.3) is 0 Å². The van der Waals surface area contributed by atoms with Crippen molar-refractivity contribution in [1.82, 2.24) is 4.72 Å². The maximum Gasteiger partial charge on any atom is 0.242 e. The average Bonchev–Trinajstić information content (AvgIpc) is 2.56. The van der Waals surface area contributed by atoms with E-state index in [0.717, 1.165) is 0 Å². The van der Waals surface area contributed by atoms with Gasteiger partial charge in [0.1, 0.15) is 11.9 Å². The Hall–Kier alpha value is -2.76. The standard InChI is InChI=1S/C16H14FN3O3S/c1-11(16(21)19-14-8-4-3-7-13(14)17)20-24(22,23)15-9-5-2-6-12(15)10-18/h2-9,11,20H,1H3,(H,19,21). The maximum absolute atomic E-state index is 13.5. The van der Waals surface area contributed by atoms with Crippen LogP contribution in [0.5, 0.6) is 0 Å². The van der Waals surface area contributed by atoms with Gasteiger partial charge in [-0.15, -0.1) is 0 Å². The molecule has 1 atom stereocenters. The second kappa shape index (κ2) is 7.21. The van der Waals surface area contributed by atoms with E-state index < -0.39 is 27.8 Å². The van der Waals surface area contributed by atoms with Crippen molar-refractivity contribution in [3.05, 3.63) is 59.9 Å². The van der Waals surface area contributed by atoms with Gasteiger partial charge in [0.05, 0.1) is 22.2 Å². The number of nitrogens with zero attached hydrogens (tertiary/aromatic N) is 1. The monoisotopic (exact) mass is 347 g/mol. The molecule has 0 heterocycles. The Bertz CT molecular complexity index is 907. The molecule has 2 aromatic carbocycles. The Kier molecular flexibility index (Phi) is 5.28. The van der Waals surface area contributed by atoms with E-state index in [2.05, 4.69) is 10.0 Å². The van der Waals surface area contributed by atoms with E-state index in [1.807, 2.05) is 0 Å². The summed E-state index contributed by atoms with van der Waals surface area (Å²) in [4.78, 5) is 11.8. The van der Waals surface area contributed by atoms with Crippen LogP contribution < -0.4 is 10.0 Å². The molecule has 0 fully saturated rings. The number of sulfonamides is 1. The second-order valence-corrected chi connectivity index (χ2v) is 6.60. The van der Waals surface area contributed by atoms with E-state index in [0.29, 0.717) is 0 Å². The van der Waals surface area contributed by atoms with Crippen molar-refractivity contribution in [1.29, 1.82) is 5.26 Å². The van der Waals surface area contributed by atoms with Gasteiger partial charge in [-0.1, -0.05) is 24.3 Å². The van der Waals surface area contributed by atoms with E-state index in [1.165, 1.54) is 55.5 Å². The lowest BCUT2D eigenvalue weighted by Gasteiger charge is -2.15. The molecule has 2 rings (SSSR count). The van der Waals surface area contributed by atoms with Gasteiger partial charge < -0.3 is 5.32 Å². The molecule has 0 radical (unpaired) electrons. The molecule has 2 N–H and O–H groups in total. The number of anilines is 1. The summed E-state index contributed by atoms with van der Waals surface area (Å²) in [6.45, 7) is 1.32. The van der Waals surface area contributed by atoms with E-state index >= 15 is 0 Å². The Labute approximate surface area is 139 Å². The van der Waals surface area contributed by atoms with E-state index in [-0.39, 0.29) is 16.1 Å². The lowest BCUT2D eigenvalue weighted by Crippen LogP contribution is -2.41. The molecule has 124 valence electrons. The first-order chi connectivity index (χ1) is 11.3. The van der Waals surface area contributed by atoms with Crippen LogP contribution in [0.2, 0.25) is 0 Å². The molecule has 0 bridgehead atoms. The van der Waals surface area contributed by atoms with Gasteiger partial charge >= 0.3 is 0 Å². The van der Waals surface area contributed by atoms with Crippen molar-refractivity contribution < 1.29 is 17.6 Å². The highest BCUT2D eigenvalue weighted by molar-refractivity contribution is 7.89. The molecule has 0 aliphatic carbocycles. The zero-order chi connectivity index (χ0) is 17.7. The number of hydrogen-bond acceptors (Lipinski definition) is 4. The highest BCUT2D eigenvalue weighted by Gasteiger charge is 2.24. The molecule has 2 aromatic rings. The topological polar surface area (TPSA) is 99.1 Å². The summed E-state index contributed by atoms with van der Waals surface area (Å²) < 4.78 is 40.4. The molecule has 1 unspecified atom stereocenters. The van der Waals surface area contributed by atoms with Gasteiger partial charge in [-0.2, -0.15) is 9.98 Å². The fraction of sp³-hybridized carbons (Fsp3) is 0.125. The number of para-hydroxylation sites is 1. The number of carbonyl (C=O) groups excluding carboxylic acids is 1. The Morgan fingerprint density at radius 3 is 2.46 bits per heavy atom. The Balaban J connectivity index is 2.16. The molecule has 6 nitrogen and oxygen atoms in total. The molecule has 0 aliphatic rings. The van der Waals surface area contributed by atoms with E-state index in [4.69, 9.17) is 5.26 Å². The minimum Gasteiger partial charge on any atom is -0.322 e. The number of rotatable bonds is 5. The molecule has 8 heteroatoms. The lowest BCUT2D eigenvalue weighted by atomic mass is 10.2. The summed E-state index contributed by atoms with van der Waals surface area (Å²) >= 11 is 0. The SMILES string of the molecule is CC(NS(=O)(=O)c1ccccc1C#N)C(=O)Nc1ccccc1F. The van der Waals surface area contributed by atoms with Gasteiger partial charge in [-0.25, -0.2) is 12.8 Å². The highest BCUT2D eigenvalue weighted by Crippen LogP contribution is 2.16. The number of carbonyl (C=O) groups is 1. The molecule has 0 saturated carbocycles. The van der Waals surface area contributed by atoms with E-state index in [9.17, 15) is 17.6 Å². The van der Waals surface area contributed by atoms with Crippen LogP contribution in [0.25, 0.3) is 0 Å². The fourth-order valence-corrected chi connectivity index (χ4v) is 3.31. The summed E-state index contributed by atoms with van der Waals surface area (Å²) in [6.07, 6.45) is 0. The van der Waals surface area contributed by atoms with Crippen LogP contribution in [0.15, 0.2) is 53.4 Å². The first-order valence-corrected chi connectivity index (χ1v) is 8.40. The molecule has 0 saturated heterocycles. The summed E-state index contributed by atoms with van der Waals surface area (Å²) in [7, 11) is -4.08. The molecule has 1 amide bonds. The lowest BCUT2D eigenvalue weighted by molar-refractivity contribution is -0.117. The molecule has 0 spiro atoms. The number of hydrogen-bond donors (Lipinski definition) is 2. The maximum atomic E-state index is 13.5. The van der Waals surface area contributed by atoms with Crippen LogP contribution in [0.4, 0.5) is 10.1 Å². The van der Waals surface area contributed by atoms with Crippen molar-refractivity contribution in [3.8, 4) is 6.07 Å². The van der Waals surface area contributed by atoms with Crippen LogP contribution in [0.3, 0.4) is 0 Å². The first kappa shape index (κ1) is 17.6. The van der Waals surface area contributed by atoms with Gasteiger partial charge in [0.15, 0.2) is 0 Å². The van der Waals surface area contributed by atoms with Crippen LogP contribution >= 0.6 is 0 Å². The molecule has 0 aliphatic heterocycles. The quantitative estimate of drug-likeness (QED) is 0.864. The summed E-state index contributed by atoms with van der Waals surface area (Å²) in [5.74, 6) is -1.35. The predicted molar refractivity (Wildman–Crippen MR) is 86.0 cm³/mol. The number of nitrogens with one attached hydrogen (secondary N) is 2. The van der Waals surface area contributed by atoms with Gasteiger partial charge in [0.2, 0.25) is 15.9 Å². The van der Waals surface area contributed by atoms with Crippen molar-refractivity contribution in [2.24, 2.45) is 0 Å². The normalized spacial score (nSPS) is 12.2. The van der Waals surface area contributed by atoms with Crippen molar-refractivity contribution >= 4 is 21.6 Å². The number of amides is 1. The summed E-state index contributed by atoms with van der Waals surface area (Å²) in [6, 6.07) is 11.8. The molecule has 0 aromatic heterocycles. The van der Waals surface area contributed by atoms with Crippen molar-refractivity contribution in [3.63, 3.8) is 0 Å². The highest BCUT2D eigenvalue weighted by atomic mass is 32.2. The zero-order valence-corrected chi connectivity index (χ0v) is 13.5. The third-order valence-corrected chi connectivity index (χ3v) is 4.75. The largest absolute Gasteiger partial charge is 0.322 e. The van der Waals surface area contributed by atoms with Crippen LogP contribution in [0, 0.1) is 17.1 Å². The molecule has 24 heavy (non-hydrogen) atoms. The number of benzene rings is 2. The summed E-state index contributed by atoms with van der Waals surface area (Å²) in [5.41, 5.74) is -0.0855. The minimum absolute atomic E-state index is 0.0355. The number of nitriles is 1. The van der Waals surface area contributed by atoms with Crippen LogP contribution in [-0.4, -0.2) is 20.4 Å². The average molecular weight is 347 g/mol. The zero-order valence-electron chi connectivity index (χ0n) is 12.7. The van der Waals surface area contributed by atoms with Crippen molar-refractivity contribution in [2.45, 2.75) is 17.9 Å². The predicted octanol–water partition coefficient (Wildman–Crippen LogP) is 2.00. The van der Waals surface area contributed by atoms with Crippen LogP contribution in [0.1, 0.15) is 12.5 Å². The van der Waals surface area contributed by atoms with Gasteiger partial charge in [0, 0.05) is 0 Å². The molecular formula is C16H14FN3O3S. The van der Waals surface area contributed by atoms with Gasteiger partial charge in [-0.3, -0.25) is 4.79 Å². The fourth-order valence-electron chi connectivity index (χ4n) is 1.95. The second-order valence-electron chi connectivity index (χ2n) is 4.92. The summed E-state index contributed by atoms with van der Waals surface area (Å²) in [5, 5.41) is 11.3. The Morgan fingerprint density at radius 2 is 1.79 bits per heavy atom. The number of halogens is 1. The third-order valence-electron chi connectivity index (χ3n) is 3.15. The van der Waals surface area contributed by atoms with E-state index in [1.54, 1.807) is 6.07 Å². The third kappa shape index (κ3) is 3.95. The van der Waals surface area contributed by atoms with Crippen molar-refractivity contribution in [2.75, 3.05) is 5.32 Å². The minimum atomic E-state index is -4.08. The smallest absolute Gasteiger partial charge is 0.242 e. The van der Waals surface area contributed by atoms with Gasteiger partial charge in [-0.05, 0) is 31.2 Å². The first-order valence-electron chi connectivity index (χ1n) is 6.92.